The highest BCUT2D eigenvalue weighted by atomic mass is 16.5. The van der Waals surface area contributed by atoms with Gasteiger partial charge in [0.2, 0.25) is 0 Å². The fraction of sp³-hybridized carbons (Fsp3) is 0.120. The fourth-order valence-corrected chi connectivity index (χ4v) is 3.69. The van der Waals surface area contributed by atoms with Gasteiger partial charge in [-0.05, 0) is 66.9 Å². The number of aromatic nitrogens is 1. The monoisotopic (exact) mass is 353 g/mol. The molecule has 1 aromatic heterocycles. The van der Waals surface area contributed by atoms with Gasteiger partial charge in [-0.1, -0.05) is 48.5 Å². The summed E-state index contributed by atoms with van der Waals surface area (Å²) in [7, 11) is 1.70. The van der Waals surface area contributed by atoms with Crippen molar-refractivity contribution >= 4 is 0 Å². The van der Waals surface area contributed by atoms with Crippen molar-refractivity contribution in [3.8, 4) is 33.8 Å². The Morgan fingerprint density at radius 1 is 0.667 bits per heavy atom. The predicted octanol–water partition coefficient (Wildman–Crippen LogP) is 6.44. The van der Waals surface area contributed by atoms with E-state index in [0.717, 1.165) is 5.75 Å². The first-order chi connectivity index (χ1) is 13.2. The van der Waals surface area contributed by atoms with Gasteiger partial charge in [0.1, 0.15) is 5.75 Å². The van der Waals surface area contributed by atoms with Gasteiger partial charge in [0, 0.05) is 16.9 Å². The first-order valence-corrected chi connectivity index (χ1v) is 9.18. The van der Waals surface area contributed by atoms with Crippen molar-refractivity contribution in [2.75, 3.05) is 7.11 Å². The second-order valence-corrected chi connectivity index (χ2v) is 6.70. The van der Waals surface area contributed by atoms with Gasteiger partial charge in [0.05, 0.1) is 12.8 Å². The Labute approximate surface area is 160 Å². The van der Waals surface area contributed by atoms with Crippen molar-refractivity contribution in [3.63, 3.8) is 0 Å². The molecule has 2 heteroatoms. The first kappa shape index (κ1) is 17.2. The second kappa shape index (κ2) is 7.16. The van der Waals surface area contributed by atoms with Gasteiger partial charge in [-0.3, -0.25) is 0 Å². The number of methoxy groups -OCH3 is 1. The van der Waals surface area contributed by atoms with Crippen LogP contribution in [0.4, 0.5) is 0 Å². The minimum atomic E-state index is 0.867. The summed E-state index contributed by atoms with van der Waals surface area (Å²) in [4.78, 5) is 0. The van der Waals surface area contributed by atoms with E-state index in [9.17, 15) is 0 Å². The first-order valence-electron chi connectivity index (χ1n) is 9.18. The standard InChI is InChI=1S/C25H23NO/c1-18-19(2)26(22-12-8-5-9-13-22)25(21-14-16-23(27-3)17-15-21)24(18)20-10-6-4-7-11-20/h4-17H,1-3H3. The quantitative estimate of drug-likeness (QED) is 0.412. The topological polar surface area (TPSA) is 14.2 Å². The Kier molecular flexibility index (Phi) is 4.55. The number of benzene rings is 3. The third-order valence-electron chi connectivity index (χ3n) is 5.15. The Balaban J connectivity index is 2.05. The van der Waals surface area contributed by atoms with Gasteiger partial charge >= 0.3 is 0 Å². The number of hydrogen-bond donors (Lipinski definition) is 0. The van der Waals surface area contributed by atoms with E-state index in [-0.39, 0.29) is 0 Å². The lowest BCUT2D eigenvalue weighted by molar-refractivity contribution is 0.415. The molecular weight excluding hydrogens is 330 g/mol. The molecule has 0 unspecified atom stereocenters. The predicted molar refractivity (Wildman–Crippen MR) is 113 cm³/mol. The second-order valence-electron chi connectivity index (χ2n) is 6.70. The number of para-hydroxylation sites is 1. The molecule has 3 aromatic carbocycles. The van der Waals surface area contributed by atoms with E-state index in [1.807, 2.05) is 12.1 Å². The smallest absolute Gasteiger partial charge is 0.118 e. The number of rotatable bonds is 4. The highest BCUT2D eigenvalue weighted by Gasteiger charge is 2.21. The molecule has 0 radical (unpaired) electrons. The van der Waals surface area contributed by atoms with Crippen LogP contribution in [0.5, 0.6) is 5.75 Å². The average Bonchev–Trinajstić information content (AvgIpc) is 3.00. The van der Waals surface area contributed by atoms with Crippen molar-refractivity contribution in [1.29, 1.82) is 0 Å². The Morgan fingerprint density at radius 3 is 1.85 bits per heavy atom. The van der Waals surface area contributed by atoms with Crippen molar-refractivity contribution < 1.29 is 4.74 Å². The molecule has 4 rings (SSSR count). The summed E-state index contributed by atoms with van der Waals surface area (Å²) < 4.78 is 7.72. The van der Waals surface area contributed by atoms with E-state index in [2.05, 4.69) is 91.2 Å². The molecule has 0 aliphatic heterocycles. The summed E-state index contributed by atoms with van der Waals surface area (Å²) in [6.07, 6.45) is 0. The van der Waals surface area contributed by atoms with Gasteiger partial charge < -0.3 is 9.30 Å². The van der Waals surface area contributed by atoms with E-state index in [0.29, 0.717) is 0 Å². The number of hydrogen-bond acceptors (Lipinski definition) is 1. The molecule has 1 heterocycles. The van der Waals surface area contributed by atoms with Crippen molar-refractivity contribution in [3.05, 3.63) is 96.2 Å². The van der Waals surface area contributed by atoms with Crippen LogP contribution in [0.1, 0.15) is 11.3 Å². The van der Waals surface area contributed by atoms with Gasteiger partial charge in [-0.2, -0.15) is 0 Å². The van der Waals surface area contributed by atoms with Gasteiger partial charge in [0.15, 0.2) is 0 Å². The zero-order chi connectivity index (χ0) is 18.8. The van der Waals surface area contributed by atoms with Crippen LogP contribution in [0.2, 0.25) is 0 Å². The molecule has 0 saturated heterocycles. The third kappa shape index (κ3) is 3.04. The lowest BCUT2D eigenvalue weighted by Crippen LogP contribution is -1.99. The number of nitrogens with zero attached hydrogens (tertiary/aromatic N) is 1. The van der Waals surface area contributed by atoms with E-state index >= 15 is 0 Å². The Hall–Kier alpha value is -3.26. The van der Waals surface area contributed by atoms with Crippen LogP contribution < -0.4 is 4.74 Å². The van der Waals surface area contributed by atoms with Crippen LogP contribution in [-0.4, -0.2) is 11.7 Å². The number of ether oxygens (including phenoxy) is 1. The maximum Gasteiger partial charge on any atom is 0.118 e. The molecule has 0 aliphatic carbocycles. The van der Waals surface area contributed by atoms with Crippen molar-refractivity contribution in [2.24, 2.45) is 0 Å². The Morgan fingerprint density at radius 2 is 1.26 bits per heavy atom. The van der Waals surface area contributed by atoms with Crippen LogP contribution in [0.15, 0.2) is 84.9 Å². The molecular formula is C25H23NO. The van der Waals surface area contributed by atoms with Crippen LogP contribution in [0.25, 0.3) is 28.1 Å². The molecule has 0 bridgehead atoms. The van der Waals surface area contributed by atoms with Gasteiger partial charge in [0.25, 0.3) is 0 Å². The van der Waals surface area contributed by atoms with Crippen LogP contribution in [-0.2, 0) is 0 Å². The van der Waals surface area contributed by atoms with E-state index in [4.69, 9.17) is 4.74 Å². The van der Waals surface area contributed by atoms with Crippen molar-refractivity contribution in [1.82, 2.24) is 4.57 Å². The largest absolute Gasteiger partial charge is 0.497 e. The minimum Gasteiger partial charge on any atom is -0.497 e. The lowest BCUT2D eigenvalue weighted by atomic mass is 9.97. The maximum atomic E-state index is 5.36. The average molecular weight is 353 g/mol. The highest BCUT2D eigenvalue weighted by Crippen LogP contribution is 2.40. The van der Waals surface area contributed by atoms with Gasteiger partial charge in [-0.15, -0.1) is 0 Å². The molecule has 0 fully saturated rings. The van der Waals surface area contributed by atoms with Crippen molar-refractivity contribution in [2.45, 2.75) is 13.8 Å². The molecule has 0 spiro atoms. The summed E-state index contributed by atoms with van der Waals surface area (Å²) in [6.45, 7) is 4.41. The van der Waals surface area contributed by atoms with Crippen LogP contribution in [0, 0.1) is 13.8 Å². The summed E-state index contributed by atoms with van der Waals surface area (Å²) in [5.74, 6) is 0.867. The van der Waals surface area contributed by atoms with E-state index < -0.39 is 0 Å². The summed E-state index contributed by atoms with van der Waals surface area (Å²) in [5.41, 5.74) is 8.63. The zero-order valence-corrected chi connectivity index (χ0v) is 15.9. The van der Waals surface area contributed by atoms with E-state index in [1.54, 1.807) is 7.11 Å². The maximum absolute atomic E-state index is 5.36. The molecule has 27 heavy (non-hydrogen) atoms. The minimum absolute atomic E-state index is 0.867. The molecule has 2 nitrogen and oxygen atoms in total. The summed E-state index contributed by atoms with van der Waals surface area (Å²) in [5, 5.41) is 0. The molecule has 0 amide bonds. The molecule has 134 valence electrons. The van der Waals surface area contributed by atoms with Crippen LogP contribution in [0.3, 0.4) is 0 Å². The molecule has 0 N–H and O–H groups in total. The summed E-state index contributed by atoms with van der Waals surface area (Å²) in [6, 6.07) is 29.5. The van der Waals surface area contributed by atoms with Crippen LogP contribution >= 0.6 is 0 Å². The van der Waals surface area contributed by atoms with Gasteiger partial charge in [-0.25, -0.2) is 0 Å². The summed E-state index contributed by atoms with van der Waals surface area (Å²) >= 11 is 0. The fourth-order valence-electron chi connectivity index (χ4n) is 3.69. The third-order valence-corrected chi connectivity index (χ3v) is 5.15. The SMILES string of the molecule is COc1ccc(-c2c(-c3ccccc3)c(C)c(C)n2-c2ccccc2)cc1. The molecule has 4 aromatic rings. The van der Waals surface area contributed by atoms with E-state index in [1.165, 1.54) is 39.3 Å². The zero-order valence-electron chi connectivity index (χ0n) is 15.9. The normalized spacial score (nSPS) is 10.8. The molecule has 0 aliphatic rings. The Bertz CT molecular complexity index is 982. The highest BCUT2D eigenvalue weighted by molar-refractivity contribution is 5.87. The lowest BCUT2D eigenvalue weighted by Gasteiger charge is -2.14. The molecule has 0 saturated carbocycles. The molecule has 0 atom stereocenters.